The molecule has 78 valence electrons. The molecule has 1 saturated carbocycles. The monoisotopic (exact) mass is 193 g/mol. The molecule has 2 atom stereocenters. The average Bonchev–Trinajstić information content (AvgIpc) is 2.72. The molecule has 3 nitrogen and oxygen atoms in total. The van der Waals surface area contributed by atoms with Gasteiger partial charge >= 0.3 is 0 Å². The molecule has 1 fully saturated rings. The first-order chi connectivity index (χ1) is 6.74. The lowest BCUT2D eigenvalue weighted by atomic mass is 10.1. The lowest BCUT2D eigenvalue weighted by Crippen LogP contribution is -2.25. The summed E-state index contributed by atoms with van der Waals surface area (Å²) in [5.41, 5.74) is 2.27. The van der Waals surface area contributed by atoms with E-state index in [1.165, 1.54) is 19.3 Å². The van der Waals surface area contributed by atoms with Crippen molar-refractivity contribution in [1.82, 2.24) is 15.5 Å². The maximum Gasteiger partial charge on any atom is 0.0762 e. The number of H-pyrrole nitrogens is 1. The van der Waals surface area contributed by atoms with E-state index in [9.17, 15) is 0 Å². The lowest BCUT2D eigenvalue weighted by molar-refractivity contribution is 0.498. The summed E-state index contributed by atoms with van der Waals surface area (Å²) in [6, 6.07) is 2.81. The van der Waals surface area contributed by atoms with Crippen molar-refractivity contribution < 1.29 is 0 Å². The number of aromatic nitrogens is 2. The Hall–Kier alpha value is -0.830. The smallest absolute Gasteiger partial charge is 0.0762 e. The molecule has 0 bridgehead atoms. The van der Waals surface area contributed by atoms with Crippen LogP contribution >= 0.6 is 0 Å². The summed E-state index contributed by atoms with van der Waals surface area (Å²) in [7, 11) is 0. The minimum absolute atomic E-state index is 0.710. The Labute approximate surface area is 85.3 Å². The zero-order chi connectivity index (χ0) is 9.97. The summed E-state index contributed by atoms with van der Waals surface area (Å²) in [4.78, 5) is 0. The van der Waals surface area contributed by atoms with Gasteiger partial charge in [0, 0.05) is 18.3 Å². The largest absolute Gasteiger partial charge is 0.308 e. The molecule has 0 aromatic carbocycles. The predicted molar refractivity (Wildman–Crippen MR) is 57.0 cm³/mol. The SMILES string of the molecule is Cc1cc(CNC2CCC(C)C2)n[nH]1. The van der Waals surface area contributed by atoms with Crippen molar-refractivity contribution in [3.63, 3.8) is 0 Å². The van der Waals surface area contributed by atoms with Crippen molar-refractivity contribution in [1.29, 1.82) is 0 Å². The van der Waals surface area contributed by atoms with Gasteiger partial charge in [-0.3, -0.25) is 5.10 Å². The van der Waals surface area contributed by atoms with Crippen LogP contribution in [0.5, 0.6) is 0 Å². The maximum atomic E-state index is 4.21. The number of rotatable bonds is 3. The summed E-state index contributed by atoms with van der Waals surface area (Å²) in [5, 5.41) is 10.7. The van der Waals surface area contributed by atoms with Crippen LogP contribution in [-0.4, -0.2) is 16.2 Å². The van der Waals surface area contributed by atoms with Crippen LogP contribution in [0.2, 0.25) is 0 Å². The fourth-order valence-electron chi connectivity index (χ4n) is 2.21. The van der Waals surface area contributed by atoms with Gasteiger partial charge in [0.15, 0.2) is 0 Å². The fourth-order valence-corrected chi connectivity index (χ4v) is 2.21. The first kappa shape index (κ1) is 9.71. The van der Waals surface area contributed by atoms with Crippen molar-refractivity contribution in [3.05, 3.63) is 17.5 Å². The van der Waals surface area contributed by atoms with E-state index in [0.29, 0.717) is 6.04 Å². The lowest BCUT2D eigenvalue weighted by Gasteiger charge is -2.10. The number of hydrogen-bond acceptors (Lipinski definition) is 2. The van der Waals surface area contributed by atoms with Gasteiger partial charge in [0.25, 0.3) is 0 Å². The van der Waals surface area contributed by atoms with Crippen LogP contribution < -0.4 is 5.32 Å². The Bertz CT molecular complexity index is 292. The number of nitrogens with zero attached hydrogens (tertiary/aromatic N) is 1. The van der Waals surface area contributed by atoms with Crippen LogP contribution in [0.4, 0.5) is 0 Å². The second-order valence-corrected chi connectivity index (χ2v) is 4.54. The Morgan fingerprint density at radius 2 is 2.43 bits per heavy atom. The quantitative estimate of drug-likeness (QED) is 0.770. The van der Waals surface area contributed by atoms with E-state index in [-0.39, 0.29) is 0 Å². The third kappa shape index (κ3) is 2.35. The zero-order valence-electron chi connectivity index (χ0n) is 9.01. The van der Waals surface area contributed by atoms with Crippen molar-refractivity contribution in [2.75, 3.05) is 0 Å². The highest BCUT2D eigenvalue weighted by molar-refractivity contribution is 5.06. The van der Waals surface area contributed by atoms with E-state index < -0.39 is 0 Å². The van der Waals surface area contributed by atoms with Crippen LogP contribution in [0, 0.1) is 12.8 Å². The van der Waals surface area contributed by atoms with Gasteiger partial charge in [0.1, 0.15) is 0 Å². The number of hydrogen-bond donors (Lipinski definition) is 2. The molecule has 0 spiro atoms. The van der Waals surface area contributed by atoms with E-state index in [4.69, 9.17) is 0 Å². The van der Waals surface area contributed by atoms with Crippen LogP contribution in [-0.2, 0) is 6.54 Å². The van der Waals surface area contributed by atoms with E-state index in [0.717, 1.165) is 23.9 Å². The third-order valence-electron chi connectivity index (χ3n) is 3.03. The van der Waals surface area contributed by atoms with Gasteiger partial charge in [0.2, 0.25) is 0 Å². The van der Waals surface area contributed by atoms with Gasteiger partial charge in [-0.25, -0.2) is 0 Å². The van der Waals surface area contributed by atoms with Crippen molar-refractivity contribution in [2.24, 2.45) is 5.92 Å². The Kier molecular flexibility index (Phi) is 2.87. The fraction of sp³-hybridized carbons (Fsp3) is 0.727. The first-order valence-electron chi connectivity index (χ1n) is 5.48. The summed E-state index contributed by atoms with van der Waals surface area (Å²) in [6.45, 7) is 5.27. The van der Waals surface area contributed by atoms with E-state index in [1.54, 1.807) is 0 Å². The molecule has 3 heteroatoms. The van der Waals surface area contributed by atoms with E-state index in [1.807, 2.05) is 6.92 Å². The van der Waals surface area contributed by atoms with Gasteiger partial charge in [-0.2, -0.15) is 5.10 Å². The summed E-state index contributed by atoms with van der Waals surface area (Å²) in [5.74, 6) is 0.897. The first-order valence-corrected chi connectivity index (χ1v) is 5.48. The molecule has 1 aromatic rings. The summed E-state index contributed by atoms with van der Waals surface area (Å²) in [6.07, 6.45) is 4.02. The highest BCUT2D eigenvalue weighted by Gasteiger charge is 2.20. The van der Waals surface area contributed by atoms with Crippen LogP contribution in [0.15, 0.2) is 6.07 Å². The minimum atomic E-state index is 0.710. The van der Waals surface area contributed by atoms with Gasteiger partial charge in [-0.1, -0.05) is 6.92 Å². The second kappa shape index (κ2) is 4.13. The molecule has 1 aliphatic carbocycles. The molecular weight excluding hydrogens is 174 g/mol. The van der Waals surface area contributed by atoms with Crippen LogP contribution in [0.25, 0.3) is 0 Å². The highest BCUT2D eigenvalue weighted by Crippen LogP contribution is 2.24. The molecule has 0 saturated heterocycles. The minimum Gasteiger partial charge on any atom is -0.308 e. The molecule has 1 heterocycles. The number of aromatic amines is 1. The van der Waals surface area contributed by atoms with Crippen molar-refractivity contribution in [2.45, 2.75) is 45.7 Å². The van der Waals surface area contributed by atoms with Gasteiger partial charge in [-0.05, 0) is 38.2 Å². The molecule has 2 unspecified atom stereocenters. The zero-order valence-corrected chi connectivity index (χ0v) is 9.01. The Balaban J connectivity index is 1.77. The van der Waals surface area contributed by atoms with Crippen LogP contribution in [0.1, 0.15) is 37.6 Å². The van der Waals surface area contributed by atoms with Gasteiger partial charge in [-0.15, -0.1) is 0 Å². The molecule has 1 aliphatic rings. The highest BCUT2D eigenvalue weighted by atomic mass is 15.1. The number of aryl methyl sites for hydroxylation is 1. The molecule has 0 amide bonds. The summed E-state index contributed by atoms with van der Waals surface area (Å²) >= 11 is 0. The molecule has 2 N–H and O–H groups in total. The third-order valence-corrected chi connectivity index (χ3v) is 3.03. The van der Waals surface area contributed by atoms with Crippen molar-refractivity contribution in [3.8, 4) is 0 Å². The molecule has 0 radical (unpaired) electrons. The molecule has 14 heavy (non-hydrogen) atoms. The standard InChI is InChI=1S/C11H19N3/c1-8-3-4-10(5-8)12-7-11-6-9(2)13-14-11/h6,8,10,12H,3-5,7H2,1-2H3,(H,13,14). The van der Waals surface area contributed by atoms with E-state index >= 15 is 0 Å². The number of nitrogens with one attached hydrogen (secondary N) is 2. The molecule has 0 aliphatic heterocycles. The molecule has 2 rings (SSSR count). The Morgan fingerprint density at radius 1 is 1.57 bits per heavy atom. The van der Waals surface area contributed by atoms with Gasteiger partial charge < -0.3 is 5.32 Å². The van der Waals surface area contributed by atoms with Crippen LogP contribution in [0.3, 0.4) is 0 Å². The maximum absolute atomic E-state index is 4.21. The molecule has 1 aromatic heterocycles. The second-order valence-electron chi connectivity index (χ2n) is 4.54. The summed E-state index contributed by atoms with van der Waals surface area (Å²) < 4.78 is 0. The predicted octanol–water partition coefficient (Wildman–Crippen LogP) is 2.00. The normalized spacial score (nSPS) is 27.0. The van der Waals surface area contributed by atoms with Crippen molar-refractivity contribution >= 4 is 0 Å². The van der Waals surface area contributed by atoms with Gasteiger partial charge in [0.05, 0.1) is 5.69 Å². The average molecular weight is 193 g/mol. The van der Waals surface area contributed by atoms with E-state index in [2.05, 4.69) is 28.5 Å². The topological polar surface area (TPSA) is 40.7 Å². The molecular formula is C11H19N3. The Morgan fingerprint density at radius 3 is 3.00 bits per heavy atom.